The number of piperidine rings is 1. The zero-order valence-corrected chi connectivity index (χ0v) is 20.1. The molecule has 2 aromatic carbocycles. The molecule has 4 rings (SSSR count). The van der Waals surface area contributed by atoms with Crippen molar-refractivity contribution in [3.8, 4) is 5.75 Å². The fraction of sp³-hybridized carbons (Fsp3) is 0.375. The Hall–Kier alpha value is -2.22. The van der Waals surface area contributed by atoms with Gasteiger partial charge in [-0.05, 0) is 36.6 Å². The zero-order chi connectivity index (χ0) is 20.1. The molecule has 0 unspecified atom stereocenters. The van der Waals surface area contributed by atoms with Crippen LogP contribution >= 0.6 is 24.0 Å². The Morgan fingerprint density at radius 2 is 1.90 bits per heavy atom. The minimum absolute atomic E-state index is 0. The third-order valence-corrected chi connectivity index (χ3v) is 5.69. The first kappa shape index (κ1) is 22.5. The van der Waals surface area contributed by atoms with Crippen molar-refractivity contribution >= 4 is 40.8 Å². The van der Waals surface area contributed by atoms with Crippen molar-refractivity contribution < 1.29 is 4.74 Å². The quantitative estimate of drug-likeness (QED) is 0.291. The molecule has 0 radical (unpaired) electrons. The van der Waals surface area contributed by atoms with Gasteiger partial charge in [-0.2, -0.15) is 0 Å². The summed E-state index contributed by atoms with van der Waals surface area (Å²) in [6, 6.07) is 16.6. The maximum Gasteiger partial charge on any atom is 0.193 e. The molecular formula is C24H31IN4O. The number of benzene rings is 2. The number of para-hydroxylation sites is 2. The lowest BCUT2D eigenvalue weighted by atomic mass is 10.1. The number of aliphatic imine (C=N–C) groups is 1. The lowest BCUT2D eigenvalue weighted by Gasteiger charge is -2.34. The van der Waals surface area contributed by atoms with Crippen molar-refractivity contribution in [2.75, 3.05) is 26.7 Å². The number of ether oxygens (including phenoxy) is 1. The smallest absolute Gasteiger partial charge is 0.193 e. The van der Waals surface area contributed by atoms with Gasteiger partial charge in [0.1, 0.15) is 11.9 Å². The third-order valence-electron chi connectivity index (χ3n) is 5.69. The summed E-state index contributed by atoms with van der Waals surface area (Å²) >= 11 is 0. The molecule has 0 bridgehead atoms. The molecule has 6 heteroatoms. The summed E-state index contributed by atoms with van der Waals surface area (Å²) in [4.78, 5) is 10.3. The van der Waals surface area contributed by atoms with Crippen molar-refractivity contribution in [1.29, 1.82) is 0 Å². The van der Waals surface area contributed by atoms with Crippen LogP contribution in [0.15, 0.2) is 59.7 Å². The number of halogens is 1. The summed E-state index contributed by atoms with van der Waals surface area (Å²) in [5.41, 5.74) is 3.88. The van der Waals surface area contributed by atoms with E-state index in [1.165, 1.54) is 22.0 Å². The highest BCUT2D eigenvalue weighted by atomic mass is 127. The van der Waals surface area contributed by atoms with Gasteiger partial charge in [-0.3, -0.25) is 4.99 Å². The number of nitrogens with zero attached hydrogens (tertiary/aromatic N) is 2. The highest BCUT2D eigenvalue weighted by Gasteiger charge is 2.22. The number of aromatic nitrogens is 1. The van der Waals surface area contributed by atoms with E-state index in [-0.39, 0.29) is 30.1 Å². The number of likely N-dealkylation sites (tertiary alicyclic amines) is 1. The monoisotopic (exact) mass is 518 g/mol. The first-order chi connectivity index (χ1) is 14.2. The summed E-state index contributed by atoms with van der Waals surface area (Å²) in [7, 11) is 1.87. The van der Waals surface area contributed by atoms with E-state index in [1.807, 2.05) is 37.4 Å². The van der Waals surface area contributed by atoms with Gasteiger partial charge in [0.05, 0.1) is 0 Å². The van der Waals surface area contributed by atoms with E-state index in [1.54, 1.807) is 0 Å². The lowest BCUT2D eigenvalue weighted by Crippen LogP contribution is -2.47. The zero-order valence-electron chi connectivity index (χ0n) is 17.7. The second-order valence-electron chi connectivity index (χ2n) is 7.65. The van der Waals surface area contributed by atoms with Crippen molar-refractivity contribution in [1.82, 2.24) is 15.2 Å². The Bertz CT molecular complexity index is 962. The highest BCUT2D eigenvalue weighted by molar-refractivity contribution is 14.0. The molecule has 0 atom stereocenters. The molecule has 3 aromatic rings. The molecule has 0 spiro atoms. The predicted octanol–water partition coefficient (Wildman–Crippen LogP) is 4.76. The lowest BCUT2D eigenvalue weighted by molar-refractivity contribution is 0.129. The second-order valence-corrected chi connectivity index (χ2v) is 7.65. The van der Waals surface area contributed by atoms with E-state index < -0.39 is 0 Å². The first-order valence-corrected chi connectivity index (χ1v) is 10.5. The fourth-order valence-electron chi connectivity index (χ4n) is 4.09. The van der Waals surface area contributed by atoms with Crippen LogP contribution in [0.5, 0.6) is 5.75 Å². The van der Waals surface area contributed by atoms with Crippen molar-refractivity contribution in [2.24, 2.45) is 4.99 Å². The number of nitrogens with one attached hydrogen (secondary N) is 2. The Morgan fingerprint density at radius 1 is 1.13 bits per heavy atom. The van der Waals surface area contributed by atoms with Gasteiger partial charge in [-0.1, -0.05) is 36.4 Å². The number of rotatable bonds is 5. The molecule has 1 aliphatic rings. The highest BCUT2D eigenvalue weighted by Crippen LogP contribution is 2.22. The Kier molecular flexibility index (Phi) is 8.01. The second kappa shape index (κ2) is 10.7. The molecule has 1 fully saturated rings. The number of fused-ring (bicyclic) bond motifs is 1. The topological polar surface area (TPSA) is 52.7 Å². The van der Waals surface area contributed by atoms with Gasteiger partial charge in [-0.25, -0.2) is 0 Å². The number of H-pyrrole nitrogens is 1. The Morgan fingerprint density at radius 3 is 2.63 bits per heavy atom. The van der Waals surface area contributed by atoms with Crippen molar-refractivity contribution in [3.05, 3.63) is 65.9 Å². The van der Waals surface area contributed by atoms with Crippen LogP contribution in [-0.4, -0.2) is 48.6 Å². The van der Waals surface area contributed by atoms with Crippen LogP contribution in [0.1, 0.15) is 24.0 Å². The van der Waals surface area contributed by atoms with E-state index in [9.17, 15) is 0 Å². The summed E-state index contributed by atoms with van der Waals surface area (Å²) in [6.07, 6.45) is 5.40. The van der Waals surface area contributed by atoms with E-state index >= 15 is 0 Å². The molecule has 1 aromatic heterocycles. The average Bonchev–Trinajstić information content (AvgIpc) is 3.17. The Balaban J connectivity index is 0.00000256. The number of aromatic amines is 1. The van der Waals surface area contributed by atoms with E-state index in [4.69, 9.17) is 4.74 Å². The molecule has 0 amide bonds. The molecule has 30 heavy (non-hydrogen) atoms. The fourth-order valence-corrected chi connectivity index (χ4v) is 4.09. The van der Waals surface area contributed by atoms with Crippen molar-refractivity contribution in [3.63, 3.8) is 0 Å². The van der Waals surface area contributed by atoms with Gasteiger partial charge in [0, 0.05) is 56.6 Å². The van der Waals surface area contributed by atoms with Gasteiger partial charge < -0.3 is 19.9 Å². The molecule has 1 saturated heterocycles. The Labute approximate surface area is 195 Å². The molecule has 0 aliphatic carbocycles. The maximum absolute atomic E-state index is 6.11. The summed E-state index contributed by atoms with van der Waals surface area (Å²) in [5, 5.41) is 4.86. The van der Waals surface area contributed by atoms with Gasteiger partial charge in [0.15, 0.2) is 5.96 Å². The van der Waals surface area contributed by atoms with Crippen LogP contribution in [-0.2, 0) is 6.42 Å². The summed E-state index contributed by atoms with van der Waals surface area (Å²) in [5.74, 6) is 1.95. The molecule has 160 valence electrons. The van der Waals surface area contributed by atoms with E-state index in [0.717, 1.165) is 50.6 Å². The van der Waals surface area contributed by atoms with Crippen LogP contribution in [0.3, 0.4) is 0 Å². The number of guanidine groups is 1. The van der Waals surface area contributed by atoms with Crippen molar-refractivity contribution in [2.45, 2.75) is 32.3 Å². The van der Waals surface area contributed by atoms with Crippen LogP contribution in [0.4, 0.5) is 0 Å². The average molecular weight is 518 g/mol. The maximum atomic E-state index is 6.11. The predicted molar refractivity (Wildman–Crippen MR) is 135 cm³/mol. The number of aryl methyl sites for hydroxylation is 1. The van der Waals surface area contributed by atoms with Gasteiger partial charge in [-0.15, -0.1) is 24.0 Å². The minimum atomic E-state index is 0. The van der Waals surface area contributed by atoms with Crippen LogP contribution in [0.2, 0.25) is 0 Å². The van der Waals surface area contributed by atoms with Crippen LogP contribution in [0.25, 0.3) is 10.9 Å². The minimum Gasteiger partial charge on any atom is -0.490 e. The third kappa shape index (κ3) is 5.28. The standard InChI is InChI=1S/C24H30N4O.HI/c1-18-7-6-10-22-19(17-27-23(18)22)11-14-26-24(25-2)28-15-12-21(13-16-28)29-20-8-4-3-5-9-20;/h3-10,17,21,27H,11-16H2,1-2H3,(H,25,26);1H. The summed E-state index contributed by atoms with van der Waals surface area (Å²) in [6.45, 7) is 4.94. The molecule has 5 nitrogen and oxygen atoms in total. The van der Waals surface area contributed by atoms with E-state index in [0.29, 0.717) is 0 Å². The number of hydrogen-bond acceptors (Lipinski definition) is 2. The van der Waals surface area contributed by atoms with Gasteiger partial charge in [0.2, 0.25) is 0 Å². The van der Waals surface area contributed by atoms with E-state index in [2.05, 4.69) is 51.5 Å². The summed E-state index contributed by atoms with van der Waals surface area (Å²) < 4.78 is 6.11. The van der Waals surface area contributed by atoms with Gasteiger partial charge >= 0.3 is 0 Å². The van der Waals surface area contributed by atoms with Crippen LogP contribution < -0.4 is 10.1 Å². The van der Waals surface area contributed by atoms with Gasteiger partial charge in [0.25, 0.3) is 0 Å². The van der Waals surface area contributed by atoms with Crippen LogP contribution in [0, 0.1) is 6.92 Å². The largest absolute Gasteiger partial charge is 0.490 e. The molecular weight excluding hydrogens is 487 g/mol. The molecule has 2 heterocycles. The number of hydrogen-bond donors (Lipinski definition) is 2. The molecule has 0 saturated carbocycles. The first-order valence-electron chi connectivity index (χ1n) is 10.5. The molecule has 1 aliphatic heterocycles. The molecule has 2 N–H and O–H groups in total. The SMILES string of the molecule is CN=C(NCCc1c[nH]c2c(C)cccc12)N1CCC(Oc2ccccc2)CC1.I. The normalized spacial score (nSPS) is 15.1.